The van der Waals surface area contributed by atoms with Crippen LogP contribution in [0.1, 0.15) is 42.2 Å². The van der Waals surface area contributed by atoms with E-state index in [0.29, 0.717) is 11.4 Å². The minimum atomic E-state index is -1.04. The predicted octanol–water partition coefficient (Wildman–Crippen LogP) is 4.21. The van der Waals surface area contributed by atoms with Gasteiger partial charge in [0.05, 0.1) is 11.4 Å². The number of carboxylic acids is 1. The fourth-order valence-corrected chi connectivity index (χ4v) is 3.02. The van der Waals surface area contributed by atoms with E-state index in [9.17, 15) is 14.7 Å². The summed E-state index contributed by atoms with van der Waals surface area (Å²) >= 11 is 1.18. The maximum atomic E-state index is 12.1. The second kappa shape index (κ2) is 6.45. The van der Waals surface area contributed by atoms with E-state index in [1.807, 2.05) is 44.7 Å². The van der Waals surface area contributed by atoms with E-state index in [1.165, 1.54) is 11.3 Å². The lowest BCUT2D eigenvalue weighted by Gasteiger charge is -2.15. The third-order valence-electron chi connectivity index (χ3n) is 3.29. The lowest BCUT2D eigenvalue weighted by atomic mass is 9.94. The molecule has 0 aliphatic heterocycles. The van der Waals surface area contributed by atoms with Gasteiger partial charge >= 0.3 is 12.0 Å². The number of aromatic nitrogens is 1. The van der Waals surface area contributed by atoms with Gasteiger partial charge in [-0.05, 0) is 24.5 Å². The zero-order chi connectivity index (χ0) is 17.2. The van der Waals surface area contributed by atoms with Gasteiger partial charge in [0, 0.05) is 23.8 Å². The summed E-state index contributed by atoms with van der Waals surface area (Å²) in [6.07, 6.45) is 3.67. The molecule has 2 aromatic rings. The molecule has 0 saturated carbocycles. The zero-order valence-electron chi connectivity index (χ0n) is 13.6. The molecule has 0 spiro atoms. The largest absolute Gasteiger partial charge is 0.477 e. The van der Waals surface area contributed by atoms with E-state index in [1.54, 1.807) is 12.1 Å². The summed E-state index contributed by atoms with van der Waals surface area (Å²) in [5, 5.41) is 14.6. The Balaban J connectivity index is 2.16. The Morgan fingerprint density at radius 2 is 2.00 bits per heavy atom. The molecular formula is C16H21N3O3S. The number of thiophene rings is 1. The number of anilines is 2. The number of carbonyl (C=O) groups is 2. The maximum Gasteiger partial charge on any atom is 0.348 e. The van der Waals surface area contributed by atoms with E-state index in [0.717, 1.165) is 11.4 Å². The first-order chi connectivity index (χ1) is 10.7. The van der Waals surface area contributed by atoms with Crippen LogP contribution in [-0.4, -0.2) is 21.7 Å². The second-order valence-corrected chi connectivity index (χ2v) is 7.27. The third kappa shape index (κ3) is 4.13. The summed E-state index contributed by atoms with van der Waals surface area (Å²) in [6, 6.07) is 3.06. The van der Waals surface area contributed by atoms with Crippen molar-refractivity contribution in [1.29, 1.82) is 0 Å². The third-order valence-corrected chi connectivity index (χ3v) is 4.84. The first-order valence-electron chi connectivity index (χ1n) is 7.32. The summed E-state index contributed by atoms with van der Waals surface area (Å²) in [4.78, 5) is 24.5. The van der Waals surface area contributed by atoms with Crippen LogP contribution < -0.4 is 10.6 Å². The number of carbonyl (C=O) groups excluding carboxylic acids is 1. The highest BCUT2D eigenvalue weighted by molar-refractivity contribution is 7.14. The summed E-state index contributed by atoms with van der Waals surface area (Å²) in [6.45, 7) is 8.82. The molecule has 2 aromatic heterocycles. The first kappa shape index (κ1) is 17.1. The lowest BCUT2D eigenvalue weighted by Crippen LogP contribution is -2.20. The number of rotatable bonds is 4. The van der Waals surface area contributed by atoms with Crippen molar-refractivity contribution in [2.75, 3.05) is 10.6 Å². The fraction of sp³-hybridized carbons (Fsp3) is 0.375. The number of hydrogen-bond acceptors (Lipinski definition) is 3. The fourth-order valence-electron chi connectivity index (χ4n) is 2.01. The molecule has 7 heteroatoms. The second-order valence-electron chi connectivity index (χ2n) is 6.22. The average molecular weight is 335 g/mol. The molecule has 0 aliphatic carbocycles. The molecule has 6 nitrogen and oxygen atoms in total. The Morgan fingerprint density at radius 1 is 1.30 bits per heavy atom. The van der Waals surface area contributed by atoms with Gasteiger partial charge in [0.1, 0.15) is 4.88 Å². The van der Waals surface area contributed by atoms with Crippen LogP contribution in [0.3, 0.4) is 0 Å². The van der Waals surface area contributed by atoms with E-state index in [-0.39, 0.29) is 10.3 Å². The van der Waals surface area contributed by atoms with Crippen LogP contribution in [0.4, 0.5) is 16.2 Å². The molecule has 0 unspecified atom stereocenters. The van der Waals surface area contributed by atoms with E-state index < -0.39 is 12.0 Å². The van der Waals surface area contributed by atoms with Gasteiger partial charge in [-0.3, -0.25) is 0 Å². The number of amides is 2. The SMILES string of the molecule is CCn1ccc(NC(=O)Nc2cc(C(C)(C)C)sc2C(=O)O)c1. The van der Waals surface area contributed by atoms with Crippen molar-refractivity contribution >= 4 is 34.7 Å². The monoisotopic (exact) mass is 335 g/mol. The Kier molecular flexibility index (Phi) is 4.79. The van der Waals surface area contributed by atoms with Crippen LogP contribution in [0.15, 0.2) is 24.5 Å². The molecule has 124 valence electrons. The Labute approximate surface area is 139 Å². The van der Waals surface area contributed by atoms with Gasteiger partial charge in [0.25, 0.3) is 0 Å². The molecule has 2 rings (SSSR count). The molecule has 0 bridgehead atoms. The molecule has 23 heavy (non-hydrogen) atoms. The Bertz CT molecular complexity index is 725. The molecule has 2 amide bonds. The Hall–Kier alpha value is -2.28. The van der Waals surface area contributed by atoms with E-state index in [4.69, 9.17) is 0 Å². The molecule has 0 radical (unpaired) electrons. The molecular weight excluding hydrogens is 314 g/mol. The number of urea groups is 1. The maximum absolute atomic E-state index is 12.1. The summed E-state index contributed by atoms with van der Waals surface area (Å²) in [5.41, 5.74) is 0.802. The number of nitrogens with zero attached hydrogens (tertiary/aromatic N) is 1. The van der Waals surface area contributed by atoms with E-state index in [2.05, 4.69) is 10.6 Å². The highest BCUT2D eigenvalue weighted by Crippen LogP contribution is 2.35. The van der Waals surface area contributed by atoms with Gasteiger partial charge in [0.15, 0.2) is 0 Å². The molecule has 0 aliphatic rings. The van der Waals surface area contributed by atoms with Crippen molar-refractivity contribution in [2.24, 2.45) is 0 Å². The molecule has 3 N–H and O–H groups in total. The highest BCUT2D eigenvalue weighted by atomic mass is 32.1. The van der Waals surface area contributed by atoms with Crippen molar-refractivity contribution < 1.29 is 14.7 Å². The smallest absolute Gasteiger partial charge is 0.348 e. The molecule has 0 saturated heterocycles. The minimum Gasteiger partial charge on any atom is -0.477 e. The first-order valence-corrected chi connectivity index (χ1v) is 8.13. The lowest BCUT2D eigenvalue weighted by molar-refractivity contribution is 0.0703. The molecule has 0 fully saturated rings. The zero-order valence-corrected chi connectivity index (χ0v) is 14.5. The average Bonchev–Trinajstić information content (AvgIpc) is 3.04. The molecule has 0 aromatic carbocycles. The van der Waals surface area contributed by atoms with Crippen LogP contribution >= 0.6 is 11.3 Å². The number of carboxylic acid groups (broad SMARTS) is 1. The summed E-state index contributed by atoms with van der Waals surface area (Å²) in [7, 11) is 0. The Morgan fingerprint density at radius 3 is 2.52 bits per heavy atom. The number of aromatic carboxylic acids is 1. The number of nitrogens with one attached hydrogen (secondary N) is 2. The van der Waals surface area contributed by atoms with Crippen LogP contribution in [0.2, 0.25) is 0 Å². The summed E-state index contributed by atoms with van der Waals surface area (Å²) in [5.74, 6) is -1.04. The predicted molar refractivity (Wildman–Crippen MR) is 92.7 cm³/mol. The standard InChI is InChI=1S/C16H21N3O3S/c1-5-19-7-6-10(9-19)17-15(22)18-11-8-12(16(2,3)4)23-13(11)14(20)21/h6-9H,5H2,1-4H3,(H,20,21)(H2,17,18,22). The molecule has 2 heterocycles. The quantitative estimate of drug-likeness (QED) is 0.782. The van der Waals surface area contributed by atoms with Gasteiger partial charge in [-0.15, -0.1) is 11.3 Å². The van der Waals surface area contributed by atoms with Crippen molar-refractivity contribution in [1.82, 2.24) is 4.57 Å². The van der Waals surface area contributed by atoms with E-state index >= 15 is 0 Å². The number of hydrogen-bond donors (Lipinski definition) is 3. The van der Waals surface area contributed by atoms with Crippen molar-refractivity contribution in [3.8, 4) is 0 Å². The van der Waals surface area contributed by atoms with Gasteiger partial charge in [-0.25, -0.2) is 9.59 Å². The topological polar surface area (TPSA) is 83.4 Å². The highest BCUT2D eigenvalue weighted by Gasteiger charge is 2.23. The van der Waals surface area contributed by atoms with Crippen molar-refractivity contribution in [2.45, 2.75) is 39.7 Å². The summed E-state index contributed by atoms with van der Waals surface area (Å²) < 4.78 is 1.93. The van der Waals surface area contributed by atoms with Crippen molar-refractivity contribution in [3.05, 3.63) is 34.3 Å². The van der Waals surface area contributed by atoms with Gasteiger partial charge in [-0.2, -0.15) is 0 Å². The van der Waals surface area contributed by atoms with Gasteiger partial charge in [-0.1, -0.05) is 20.8 Å². The van der Waals surface area contributed by atoms with Crippen LogP contribution in [-0.2, 0) is 12.0 Å². The van der Waals surface area contributed by atoms with Crippen molar-refractivity contribution in [3.63, 3.8) is 0 Å². The van der Waals surface area contributed by atoms with Gasteiger partial charge in [0.2, 0.25) is 0 Å². The van der Waals surface area contributed by atoms with Gasteiger partial charge < -0.3 is 20.3 Å². The van der Waals surface area contributed by atoms with Crippen LogP contribution in [0, 0.1) is 0 Å². The normalized spacial score (nSPS) is 11.3. The molecule has 0 atom stereocenters. The number of aryl methyl sites for hydroxylation is 1. The van der Waals surface area contributed by atoms with Crippen LogP contribution in [0.5, 0.6) is 0 Å². The van der Waals surface area contributed by atoms with Crippen LogP contribution in [0.25, 0.3) is 0 Å². The minimum absolute atomic E-state index is 0.135.